The lowest BCUT2D eigenvalue weighted by molar-refractivity contribution is 0.375. The van der Waals surface area contributed by atoms with Crippen LogP contribution in [0.1, 0.15) is 0 Å². The van der Waals surface area contributed by atoms with Crippen LogP contribution in [0.3, 0.4) is 0 Å². The molecule has 17 heavy (non-hydrogen) atoms. The van der Waals surface area contributed by atoms with Gasteiger partial charge in [0.05, 0.1) is 0 Å². The Balaban J connectivity index is 2.28. The zero-order valence-electron chi connectivity index (χ0n) is 8.63. The first-order valence-electron chi connectivity index (χ1n) is 4.99. The van der Waals surface area contributed by atoms with E-state index in [2.05, 4.69) is 4.98 Å². The van der Waals surface area contributed by atoms with Crippen LogP contribution in [0.25, 0.3) is 17.0 Å². The Morgan fingerprint density at radius 2 is 1.94 bits per heavy atom. The zero-order valence-corrected chi connectivity index (χ0v) is 9.39. The van der Waals surface area contributed by atoms with Crippen LogP contribution in [0, 0.1) is 0 Å². The summed E-state index contributed by atoms with van der Waals surface area (Å²) in [6, 6.07) is 12.4. The number of hydrogen-bond acceptors (Lipinski definition) is 3. The summed E-state index contributed by atoms with van der Waals surface area (Å²) in [5.74, 6) is 0.581. The number of benzene rings is 1. The molecule has 0 fully saturated rings. The lowest BCUT2D eigenvalue weighted by Crippen LogP contribution is -2.10. The summed E-state index contributed by atoms with van der Waals surface area (Å²) in [6.45, 7) is 0. The maximum Gasteiger partial charge on any atom is 0.288 e. The summed E-state index contributed by atoms with van der Waals surface area (Å²) in [5.41, 5.74) is 0.956. The van der Waals surface area contributed by atoms with Crippen LogP contribution in [0.4, 0.5) is 0 Å². The number of hydrogen-bond donors (Lipinski definition) is 0. The SMILES string of the molecule is O=c1cc(Cl)nc2cc(-c3ccccc3)on12. The van der Waals surface area contributed by atoms with Crippen molar-refractivity contribution in [2.75, 3.05) is 0 Å². The third-order valence-corrected chi connectivity index (χ3v) is 2.57. The topological polar surface area (TPSA) is 47.5 Å². The van der Waals surface area contributed by atoms with E-state index in [4.69, 9.17) is 16.1 Å². The van der Waals surface area contributed by atoms with Gasteiger partial charge >= 0.3 is 0 Å². The highest BCUT2D eigenvalue weighted by Crippen LogP contribution is 2.21. The number of halogens is 1. The standard InChI is InChI=1S/C12H7ClN2O2/c13-10-7-12(16)15-11(14-10)6-9(17-15)8-4-2-1-3-5-8/h1-7H. The minimum absolute atomic E-state index is 0.162. The minimum Gasteiger partial charge on any atom is -0.369 e. The molecule has 2 heterocycles. The first-order chi connectivity index (χ1) is 8.24. The van der Waals surface area contributed by atoms with Crippen molar-refractivity contribution in [3.05, 3.63) is 58.0 Å². The number of fused-ring (bicyclic) bond motifs is 1. The van der Waals surface area contributed by atoms with Gasteiger partial charge in [0.2, 0.25) is 0 Å². The summed E-state index contributed by atoms with van der Waals surface area (Å²) in [4.78, 5) is 15.6. The molecule has 0 bridgehead atoms. The molecule has 5 heteroatoms. The van der Waals surface area contributed by atoms with E-state index in [-0.39, 0.29) is 10.7 Å². The number of aromatic nitrogens is 2. The first kappa shape index (κ1) is 10.1. The molecule has 0 unspecified atom stereocenters. The largest absolute Gasteiger partial charge is 0.369 e. The Kier molecular flexibility index (Phi) is 2.23. The van der Waals surface area contributed by atoms with Gasteiger partial charge in [-0.25, -0.2) is 4.98 Å². The molecule has 0 atom stereocenters. The molecule has 0 aliphatic carbocycles. The molecular formula is C12H7ClN2O2. The van der Waals surface area contributed by atoms with Crippen molar-refractivity contribution in [1.29, 1.82) is 0 Å². The molecule has 0 aliphatic heterocycles. The van der Waals surface area contributed by atoms with Crippen molar-refractivity contribution in [2.24, 2.45) is 0 Å². The molecule has 2 aromatic heterocycles. The van der Waals surface area contributed by atoms with Crippen LogP contribution in [0.2, 0.25) is 5.15 Å². The molecule has 0 spiro atoms. The van der Waals surface area contributed by atoms with Crippen LogP contribution in [0.5, 0.6) is 0 Å². The molecule has 0 saturated carbocycles. The lowest BCUT2D eigenvalue weighted by Gasteiger charge is -1.92. The monoisotopic (exact) mass is 246 g/mol. The van der Waals surface area contributed by atoms with Crippen LogP contribution < -0.4 is 5.56 Å². The Morgan fingerprint density at radius 1 is 1.18 bits per heavy atom. The minimum atomic E-state index is -0.331. The average molecular weight is 247 g/mol. The highest BCUT2D eigenvalue weighted by molar-refractivity contribution is 6.29. The van der Waals surface area contributed by atoms with Gasteiger partial charge in [-0.15, -0.1) is 4.57 Å². The fourth-order valence-corrected chi connectivity index (χ4v) is 1.80. The second-order valence-corrected chi connectivity index (χ2v) is 3.92. The molecular weight excluding hydrogens is 240 g/mol. The number of nitrogens with zero attached hydrogens (tertiary/aromatic N) is 2. The van der Waals surface area contributed by atoms with Gasteiger partial charge in [-0.1, -0.05) is 41.9 Å². The Labute approximate surface area is 101 Å². The van der Waals surface area contributed by atoms with Gasteiger partial charge in [-0.05, 0) is 0 Å². The van der Waals surface area contributed by atoms with Crippen molar-refractivity contribution >= 4 is 17.2 Å². The van der Waals surface area contributed by atoms with E-state index in [9.17, 15) is 4.79 Å². The normalized spacial score (nSPS) is 10.9. The lowest BCUT2D eigenvalue weighted by atomic mass is 10.2. The van der Waals surface area contributed by atoms with E-state index in [1.165, 1.54) is 6.07 Å². The van der Waals surface area contributed by atoms with Crippen LogP contribution in [-0.4, -0.2) is 9.56 Å². The first-order valence-corrected chi connectivity index (χ1v) is 5.37. The molecule has 0 saturated heterocycles. The third kappa shape index (κ3) is 1.72. The molecule has 0 radical (unpaired) electrons. The Hall–Kier alpha value is -2.07. The van der Waals surface area contributed by atoms with Gasteiger partial charge in [0.1, 0.15) is 5.15 Å². The Morgan fingerprint density at radius 3 is 2.71 bits per heavy atom. The van der Waals surface area contributed by atoms with Gasteiger partial charge in [-0.2, -0.15) is 0 Å². The summed E-state index contributed by atoms with van der Waals surface area (Å²) in [6.07, 6.45) is 0. The van der Waals surface area contributed by atoms with Crippen molar-refractivity contribution in [1.82, 2.24) is 9.56 Å². The van der Waals surface area contributed by atoms with Crippen molar-refractivity contribution < 1.29 is 4.52 Å². The summed E-state index contributed by atoms with van der Waals surface area (Å²) in [5, 5.41) is 0.162. The predicted molar refractivity (Wildman–Crippen MR) is 64.2 cm³/mol. The van der Waals surface area contributed by atoms with E-state index >= 15 is 0 Å². The molecule has 1 aromatic carbocycles. The second-order valence-electron chi connectivity index (χ2n) is 3.54. The van der Waals surface area contributed by atoms with E-state index in [0.29, 0.717) is 11.4 Å². The smallest absolute Gasteiger partial charge is 0.288 e. The van der Waals surface area contributed by atoms with Gasteiger partial charge in [0, 0.05) is 17.7 Å². The number of rotatable bonds is 1. The summed E-state index contributed by atoms with van der Waals surface area (Å²) in [7, 11) is 0. The Bertz CT molecular complexity index is 731. The summed E-state index contributed by atoms with van der Waals surface area (Å²) >= 11 is 5.71. The van der Waals surface area contributed by atoms with Crippen molar-refractivity contribution in [2.45, 2.75) is 0 Å². The fraction of sp³-hybridized carbons (Fsp3) is 0. The highest BCUT2D eigenvalue weighted by Gasteiger charge is 2.09. The van der Waals surface area contributed by atoms with E-state index in [0.717, 1.165) is 10.1 Å². The molecule has 0 amide bonds. The molecule has 0 N–H and O–H groups in total. The van der Waals surface area contributed by atoms with Gasteiger partial charge in [0.25, 0.3) is 5.56 Å². The predicted octanol–water partition coefficient (Wildman–Crippen LogP) is 2.61. The fourth-order valence-electron chi connectivity index (χ4n) is 1.62. The summed E-state index contributed by atoms with van der Waals surface area (Å²) < 4.78 is 6.54. The maximum absolute atomic E-state index is 11.6. The van der Waals surface area contributed by atoms with Crippen LogP contribution >= 0.6 is 11.6 Å². The average Bonchev–Trinajstić information content (AvgIpc) is 2.74. The van der Waals surface area contributed by atoms with Crippen molar-refractivity contribution in [3.63, 3.8) is 0 Å². The highest BCUT2D eigenvalue weighted by atomic mass is 35.5. The second kappa shape index (κ2) is 3.75. The van der Waals surface area contributed by atoms with E-state index < -0.39 is 0 Å². The molecule has 4 nitrogen and oxygen atoms in total. The van der Waals surface area contributed by atoms with E-state index in [1.54, 1.807) is 6.07 Å². The third-order valence-electron chi connectivity index (χ3n) is 2.38. The van der Waals surface area contributed by atoms with Crippen LogP contribution in [0.15, 0.2) is 51.8 Å². The van der Waals surface area contributed by atoms with Gasteiger partial charge < -0.3 is 4.52 Å². The van der Waals surface area contributed by atoms with Crippen molar-refractivity contribution in [3.8, 4) is 11.3 Å². The quantitative estimate of drug-likeness (QED) is 0.620. The van der Waals surface area contributed by atoms with Gasteiger partial charge in [0.15, 0.2) is 11.4 Å². The van der Waals surface area contributed by atoms with E-state index in [1.807, 2.05) is 30.3 Å². The maximum atomic E-state index is 11.6. The molecule has 3 aromatic rings. The van der Waals surface area contributed by atoms with Crippen LogP contribution in [-0.2, 0) is 0 Å². The van der Waals surface area contributed by atoms with Gasteiger partial charge in [-0.3, -0.25) is 4.79 Å². The molecule has 0 aliphatic rings. The molecule has 84 valence electrons. The zero-order chi connectivity index (χ0) is 11.8. The molecule has 3 rings (SSSR count).